The van der Waals surface area contributed by atoms with Crippen molar-refractivity contribution >= 4 is 39.3 Å². The van der Waals surface area contributed by atoms with Crippen LogP contribution in [0.4, 0.5) is 14.9 Å². The highest BCUT2D eigenvalue weighted by Gasteiger charge is 2.38. The van der Waals surface area contributed by atoms with Crippen molar-refractivity contribution in [2.24, 2.45) is 5.73 Å². The molecular weight excluding hydrogens is 427 g/mol. The maximum atomic E-state index is 14.7. The van der Waals surface area contributed by atoms with Crippen LogP contribution in [0.3, 0.4) is 0 Å². The van der Waals surface area contributed by atoms with E-state index in [4.69, 9.17) is 14.9 Å². The molecule has 1 atom stereocenters. The van der Waals surface area contributed by atoms with E-state index in [0.29, 0.717) is 4.90 Å². The SMILES string of the molecule is CC(C)(c1nnc(-c2cc3c(cc2F)SC[C@H](OC(N)=O)C(=O)N3)o1)S(C)(=O)=O. The van der Waals surface area contributed by atoms with Crippen molar-refractivity contribution < 1.29 is 31.6 Å². The number of halogens is 1. The molecule has 0 saturated carbocycles. The molecule has 3 N–H and O–H groups in total. The zero-order chi connectivity index (χ0) is 21.6. The Morgan fingerprint density at radius 2 is 2.10 bits per heavy atom. The Kier molecular flexibility index (Phi) is 5.30. The number of nitrogens with two attached hydrogens (primary N) is 1. The summed E-state index contributed by atoms with van der Waals surface area (Å²) in [5.74, 6) is -1.74. The molecule has 1 aliphatic rings. The number of nitrogens with one attached hydrogen (secondary N) is 1. The first-order valence-electron chi connectivity index (χ1n) is 8.17. The number of hydrogen-bond donors (Lipinski definition) is 2. The summed E-state index contributed by atoms with van der Waals surface area (Å²) in [6.07, 6.45) is -1.21. The summed E-state index contributed by atoms with van der Waals surface area (Å²) in [5, 5.41) is 10.0. The number of thioether (sulfide) groups is 1. The van der Waals surface area contributed by atoms with Gasteiger partial charge in [0, 0.05) is 16.9 Å². The molecule has 2 heterocycles. The number of primary amides is 1. The molecule has 0 saturated heterocycles. The topological polar surface area (TPSA) is 154 Å². The van der Waals surface area contributed by atoms with E-state index in [-0.39, 0.29) is 28.8 Å². The molecule has 13 heteroatoms. The molecule has 0 bridgehead atoms. The Bertz CT molecular complexity index is 1100. The van der Waals surface area contributed by atoms with E-state index >= 15 is 0 Å². The highest BCUT2D eigenvalue weighted by molar-refractivity contribution is 7.99. The number of carbonyl (C=O) groups excluding carboxylic acids is 2. The molecule has 29 heavy (non-hydrogen) atoms. The fourth-order valence-electron chi connectivity index (χ4n) is 2.35. The van der Waals surface area contributed by atoms with Crippen LogP contribution in [0, 0.1) is 5.82 Å². The minimum atomic E-state index is -3.58. The number of benzene rings is 1. The number of fused-ring (bicyclic) bond motifs is 1. The molecular formula is C16H17FN4O6S2. The van der Waals surface area contributed by atoms with Crippen LogP contribution in [0.5, 0.6) is 0 Å². The number of rotatable bonds is 4. The van der Waals surface area contributed by atoms with Crippen molar-refractivity contribution in [3.8, 4) is 11.5 Å². The predicted molar refractivity (Wildman–Crippen MR) is 101 cm³/mol. The third kappa shape index (κ3) is 4.05. The maximum absolute atomic E-state index is 14.7. The summed E-state index contributed by atoms with van der Waals surface area (Å²) in [6, 6.07) is 2.45. The number of aromatic nitrogens is 2. The zero-order valence-electron chi connectivity index (χ0n) is 15.6. The first-order valence-corrected chi connectivity index (χ1v) is 11.0. The van der Waals surface area contributed by atoms with Crippen LogP contribution in [-0.2, 0) is 24.1 Å². The lowest BCUT2D eigenvalue weighted by molar-refractivity contribution is -0.123. The van der Waals surface area contributed by atoms with Gasteiger partial charge in [-0.05, 0) is 26.0 Å². The highest BCUT2D eigenvalue weighted by atomic mass is 32.2. The van der Waals surface area contributed by atoms with Gasteiger partial charge in [0.05, 0.1) is 11.3 Å². The Labute approximate surface area is 169 Å². The van der Waals surface area contributed by atoms with Crippen LogP contribution in [0.1, 0.15) is 19.7 Å². The van der Waals surface area contributed by atoms with Gasteiger partial charge in [0.2, 0.25) is 5.89 Å². The van der Waals surface area contributed by atoms with Crippen molar-refractivity contribution in [3.05, 3.63) is 23.8 Å². The lowest BCUT2D eigenvalue weighted by Gasteiger charge is -2.17. The van der Waals surface area contributed by atoms with Gasteiger partial charge in [-0.15, -0.1) is 22.0 Å². The molecule has 1 aromatic heterocycles. The second-order valence-corrected chi connectivity index (χ2v) is 10.4. The second-order valence-electron chi connectivity index (χ2n) is 6.75. The van der Waals surface area contributed by atoms with Gasteiger partial charge in [-0.2, -0.15) is 0 Å². The summed E-state index contributed by atoms with van der Waals surface area (Å²) < 4.78 is 47.2. The van der Waals surface area contributed by atoms with Crippen LogP contribution in [0.15, 0.2) is 21.4 Å². The lowest BCUT2D eigenvalue weighted by Crippen LogP contribution is -2.35. The quantitative estimate of drug-likeness (QED) is 0.716. The molecule has 0 unspecified atom stereocenters. The van der Waals surface area contributed by atoms with Crippen molar-refractivity contribution in [2.75, 3.05) is 17.3 Å². The molecule has 3 rings (SSSR count). The number of anilines is 1. The number of sulfone groups is 1. The summed E-state index contributed by atoms with van der Waals surface area (Å²) in [4.78, 5) is 23.5. The molecule has 0 radical (unpaired) electrons. The van der Waals surface area contributed by atoms with Crippen LogP contribution in [-0.4, -0.2) is 48.7 Å². The monoisotopic (exact) mass is 444 g/mol. The average molecular weight is 444 g/mol. The van der Waals surface area contributed by atoms with E-state index in [1.165, 1.54) is 19.9 Å². The van der Waals surface area contributed by atoms with Gasteiger partial charge in [0.25, 0.3) is 11.8 Å². The number of nitrogens with zero attached hydrogens (tertiary/aromatic N) is 2. The first kappa shape index (κ1) is 21.0. The molecule has 1 aliphatic heterocycles. The van der Waals surface area contributed by atoms with E-state index in [1.54, 1.807) is 0 Å². The minimum absolute atomic E-state index is 0.0494. The summed E-state index contributed by atoms with van der Waals surface area (Å²) in [5.41, 5.74) is 5.07. The van der Waals surface area contributed by atoms with E-state index < -0.39 is 38.5 Å². The Morgan fingerprint density at radius 1 is 1.41 bits per heavy atom. The van der Waals surface area contributed by atoms with Gasteiger partial charge < -0.3 is 20.2 Å². The van der Waals surface area contributed by atoms with Crippen molar-refractivity contribution in [1.29, 1.82) is 0 Å². The first-order chi connectivity index (χ1) is 13.4. The van der Waals surface area contributed by atoms with Gasteiger partial charge in [-0.25, -0.2) is 17.6 Å². The Hall–Kier alpha value is -2.67. The zero-order valence-corrected chi connectivity index (χ0v) is 17.2. The normalized spacial score (nSPS) is 17.2. The van der Waals surface area contributed by atoms with E-state index in [9.17, 15) is 22.4 Å². The number of amides is 2. The Balaban J connectivity index is 1.97. The number of carbonyl (C=O) groups is 2. The van der Waals surface area contributed by atoms with E-state index in [1.807, 2.05) is 0 Å². The molecule has 156 valence electrons. The van der Waals surface area contributed by atoms with Crippen LogP contribution >= 0.6 is 11.8 Å². The van der Waals surface area contributed by atoms with Crippen LogP contribution < -0.4 is 11.1 Å². The van der Waals surface area contributed by atoms with Crippen molar-refractivity contribution in [1.82, 2.24) is 10.2 Å². The van der Waals surface area contributed by atoms with Gasteiger partial charge >= 0.3 is 6.09 Å². The average Bonchev–Trinajstić information content (AvgIpc) is 3.04. The number of ether oxygens (including phenoxy) is 1. The van der Waals surface area contributed by atoms with Crippen LogP contribution in [0.25, 0.3) is 11.5 Å². The molecule has 2 aromatic rings. The molecule has 0 aliphatic carbocycles. The molecule has 2 amide bonds. The van der Waals surface area contributed by atoms with E-state index in [0.717, 1.165) is 24.1 Å². The van der Waals surface area contributed by atoms with Gasteiger partial charge in [0.1, 0.15) is 10.6 Å². The Morgan fingerprint density at radius 3 is 2.72 bits per heavy atom. The fraction of sp³-hybridized carbons (Fsp3) is 0.375. The molecule has 10 nitrogen and oxygen atoms in total. The highest BCUT2D eigenvalue weighted by Crippen LogP contribution is 2.37. The summed E-state index contributed by atoms with van der Waals surface area (Å²) in [7, 11) is -3.58. The van der Waals surface area contributed by atoms with Crippen LogP contribution in [0.2, 0.25) is 0 Å². The standard InChI is InChI=1S/C16H17FN4O6S2/c1-16(2,29(3,24)25)14-21-20-13(27-14)7-4-9-11(5-8(7)17)28-6-10(12(22)19-9)26-15(18)23/h4-5,10H,6H2,1-3H3,(H2,18,23)(H,19,22)/t10-/m0/s1. The summed E-state index contributed by atoms with van der Waals surface area (Å²) >= 11 is 1.09. The third-order valence-corrected chi connectivity index (χ3v) is 7.51. The van der Waals surface area contributed by atoms with Gasteiger partial charge in [-0.3, -0.25) is 4.79 Å². The predicted octanol–water partition coefficient (Wildman–Crippen LogP) is 1.66. The fourth-order valence-corrected chi connectivity index (χ4v) is 3.75. The van der Waals surface area contributed by atoms with Crippen molar-refractivity contribution in [3.63, 3.8) is 0 Å². The minimum Gasteiger partial charge on any atom is -0.435 e. The van der Waals surface area contributed by atoms with Gasteiger partial charge in [-0.1, -0.05) is 0 Å². The molecule has 0 fully saturated rings. The molecule has 1 aromatic carbocycles. The second kappa shape index (κ2) is 7.30. The summed E-state index contributed by atoms with van der Waals surface area (Å²) in [6.45, 7) is 2.78. The third-order valence-electron chi connectivity index (χ3n) is 4.37. The molecule has 0 spiro atoms. The smallest absolute Gasteiger partial charge is 0.405 e. The van der Waals surface area contributed by atoms with Gasteiger partial charge in [0.15, 0.2) is 15.9 Å². The number of hydrogen-bond acceptors (Lipinski definition) is 9. The largest absolute Gasteiger partial charge is 0.435 e. The van der Waals surface area contributed by atoms with E-state index in [2.05, 4.69) is 15.5 Å². The lowest BCUT2D eigenvalue weighted by atomic mass is 10.1. The maximum Gasteiger partial charge on any atom is 0.405 e. The van der Waals surface area contributed by atoms with Crippen molar-refractivity contribution in [2.45, 2.75) is 29.6 Å².